The summed E-state index contributed by atoms with van der Waals surface area (Å²) in [5.41, 5.74) is 5.06. The van der Waals surface area contributed by atoms with Crippen molar-refractivity contribution in [2.75, 3.05) is 5.32 Å². The van der Waals surface area contributed by atoms with Crippen LogP contribution in [-0.2, 0) is 0 Å². The molecular formula is C27H21F2NO2. The third-order valence-corrected chi connectivity index (χ3v) is 5.34. The maximum absolute atomic E-state index is 13.9. The molecule has 0 heterocycles. The zero-order valence-electron chi connectivity index (χ0n) is 17.6. The Balaban J connectivity index is 1.64. The number of hydrogen-bond donors (Lipinski definition) is 2. The van der Waals surface area contributed by atoms with E-state index < -0.39 is 11.6 Å². The minimum Gasteiger partial charge on any atom is -0.508 e. The molecule has 0 fully saturated rings. The molecule has 0 radical (unpaired) electrons. The van der Waals surface area contributed by atoms with Crippen molar-refractivity contribution in [3.05, 3.63) is 113 Å². The van der Waals surface area contributed by atoms with Crippen molar-refractivity contribution in [3.63, 3.8) is 0 Å². The van der Waals surface area contributed by atoms with E-state index in [-0.39, 0.29) is 17.2 Å². The molecule has 0 saturated carbocycles. The van der Waals surface area contributed by atoms with Crippen molar-refractivity contribution in [2.24, 2.45) is 0 Å². The van der Waals surface area contributed by atoms with Crippen molar-refractivity contribution >= 4 is 17.2 Å². The Morgan fingerprint density at radius 2 is 1.56 bits per heavy atom. The number of aryl methyl sites for hydroxylation is 2. The quantitative estimate of drug-likeness (QED) is 0.338. The van der Waals surface area contributed by atoms with E-state index in [9.17, 15) is 18.7 Å². The smallest absolute Gasteiger partial charge is 0.193 e. The molecule has 0 unspecified atom stereocenters. The van der Waals surface area contributed by atoms with E-state index in [0.717, 1.165) is 28.3 Å². The van der Waals surface area contributed by atoms with E-state index in [1.807, 2.05) is 38.1 Å². The van der Waals surface area contributed by atoms with Crippen molar-refractivity contribution in [1.82, 2.24) is 0 Å². The number of benzene rings is 4. The molecule has 2 N–H and O–H groups in total. The first-order valence-electron chi connectivity index (χ1n) is 10.1. The van der Waals surface area contributed by atoms with Gasteiger partial charge in [-0.2, -0.15) is 0 Å². The summed E-state index contributed by atoms with van der Waals surface area (Å²) in [7, 11) is 0. The monoisotopic (exact) mass is 429 g/mol. The summed E-state index contributed by atoms with van der Waals surface area (Å²) < 4.78 is 27.1. The fourth-order valence-corrected chi connectivity index (χ4v) is 3.62. The molecular weight excluding hydrogens is 408 g/mol. The van der Waals surface area contributed by atoms with Crippen LogP contribution in [0, 0.1) is 25.5 Å². The van der Waals surface area contributed by atoms with Crippen LogP contribution in [-0.4, -0.2) is 10.9 Å². The lowest BCUT2D eigenvalue weighted by atomic mass is 9.92. The Kier molecular flexibility index (Phi) is 5.73. The minimum atomic E-state index is -0.692. The van der Waals surface area contributed by atoms with Gasteiger partial charge in [0.15, 0.2) is 5.78 Å². The number of phenolic OH excluding ortho intramolecular Hbond substituents is 1. The summed E-state index contributed by atoms with van der Waals surface area (Å²) in [4.78, 5) is 13.3. The van der Waals surface area contributed by atoms with Crippen LogP contribution < -0.4 is 5.32 Å². The highest BCUT2D eigenvalue weighted by Gasteiger charge is 2.16. The fourth-order valence-electron chi connectivity index (χ4n) is 3.62. The van der Waals surface area contributed by atoms with Gasteiger partial charge in [0.2, 0.25) is 0 Å². The van der Waals surface area contributed by atoms with Crippen LogP contribution in [0.25, 0.3) is 11.1 Å². The second-order valence-corrected chi connectivity index (χ2v) is 7.69. The summed E-state index contributed by atoms with van der Waals surface area (Å²) in [6, 6.07) is 21.0. The summed E-state index contributed by atoms with van der Waals surface area (Å²) in [5.74, 6) is -1.30. The summed E-state index contributed by atoms with van der Waals surface area (Å²) in [6.07, 6.45) is 0. The average Bonchev–Trinajstić information content (AvgIpc) is 2.76. The number of phenols is 1. The van der Waals surface area contributed by atoms with E-state index in [1.165, 1.54) is 12.1 Å². The molecule has 0 aliphatic rings. The summed E-state index contributed by atoms with van der Waals surface area (Å²) in [5, 5.41) is 12.7. The van der Waals surface area contributed by atoms with Crippen LogP contribution in [0.2, 0.25) is 0 Å². The highest BCUT2D eigenvalue weighted by atomic mass is 19.1. The van der Waals surface area contributed by atoms with Gasteiger partial charge in [0, 0.05) is 22.9 Å². The van der Waals surface area contributed by atoms with Crippen LogP contribution >= 0.6 is 0 Å². The lowest BCUT2D eigenvalue weighted by Gasteiger charge is -2.13. The Labute approximate surface area is 185 Å². The van der Waals surface area contributed by atoms with Crippen LogP contribution in [0.4, 0.5) is 20.2 Å². The molecule has 4 rings (SSSR count). The molecule has 32 heavy (non-hydrogen) atoms. The largest absolute Gasteiger partial charge is 0.508 e. The van der Waals surface area contributed by atoms with Gasteiger partial charge in [-0.3, -0.25) is 4.79 Å². The molecule has 5 heteroatoms. The van der Waals surface area contributed by atoms with Crippen molar-refractivity contribution in [2.45, 2.75) is 13.8 Å². The molecule has 160 valence electrons. The number of carbonyl (C=O) groups is 1. The van der Waals surface area contributed by atoms with Gasteiger partial charge in [-0.05, 0) is 84.6 Å². The molecule has 0 atom stereocenters. The number of aromatic hydroxyl groups is 1. The van der Waals surface area contributed by atoms with Gasteiger partial charge in [-0.25, -0.2) is 8.78 Å². The number of rotatable bonds is 5. The zero-order chi connectivity index (χ0) is 22.8. The Morgan fingerprint density at radius 1 is 0.781 bits per heavy atom. The minimum absolute atomic E-state index is 0.124. The van der Waals surface area contributed by atoms with Gasteiger partial charge < -0.3 is 10.4 Å². The zero-order valence-corrected chi connectivity index (χ0v) is 17.6. The molecule has 0 spiro atoms. The maximum Gasteiger partial charge on any atom is 0.193 e. The van der Waals surface area contributed by atoms with E-state index in [0.29, 0.717) is 16.8 Å². The van der Waals surface area contributed by atoms with E-state index in [2.05, 4.69) is 5.32 Å². The Morgan fingerprint density at radius 3 is 2.28 bits per heavy atom. The Hall–Kier alpha value is -3.99. The first-order valence-corrected chi connectivity index (χ1v) is 10.1. The number of hydrogen-bond acceptors (Lipinski definition) is 3. The second kappa shape index (κ2) is 8.63. The topological polar surface area (TPSA) is 49.3 Å². The lowest BCUT2D eigenvalue weighted by molar-refractivity contribution is 0.103. The normalized spacial score (nSPS) is 10.8. The van der Waals surface area contributed by atoms with Crippen molar-refractivity contribution in [1.29, 1.82) is 0 Å². The van der Waals surface area contributed by atoms with E-state index >= 15 is 0 Å². The predicted molar refractivity (Wildman–Crippen MR) is 123 cm³/mol. The molecule has 0 saturated heterocycles. The second-order valence-electron chi connectivity index (χ2n) is 7.69. The highest BCUT2D eigenvalue weighted by molar-refractivity contribution is 6.11. The highest BCUT2D eigenvalue weighted by Crippen LogP contribution is 2.28. The number of ketones is 1. The predicted octanol–water partition coefficient (Wildman–Crippen LogP) is 6.93. The molecule has 0 aliphatic carbocycles. The third kappa shape index (κ3) is 4.37. The van der Waals surface area contributed by atoms with Gasteiger partial charge in [-0.1, -0.05) is 24.3 Å². The lowest BCUT2D eigenvalue weighted by Crippen LogP contribution is -2.07. The maximum atomic E-state index is 13.9. The molecule has 0 amide bonds. The van der Waals surface area contributed by atoms with Crippen LogP contribution in [0.1, 0.15) is 27.0 Å². The third-order valence-electron chi connectivity index (χ3n) is 5.34. The number of anilines is 2. The average molecular weight is 429 g/mol. The standard InChI is InChI=1S/C27H21F2NO2/c1-16-6-7-19(18-4-3-5-22(31)13-18)14-24(16)27(32)23-10-9-21(12-17(23)2)30-26-11-8-20(28)15-25(26)29/h3-15,30-31H,1-2H3. The van der Waals surface area contributed by atoms with Gasteiger partial charge in [0.25, 0.3) is 0 Å². The molecule has 0 aliphatic heterocycles. The summed E-state index contributed by atoms with van der Waals surface area (Å²) >= 11 is 0. The van der Waals surface area contributed by atoms with Gasteiger partial charge in [0.1, 0.15) is 17.4 Å². The van der Waals surface area contributed by atoms with Crippen molar-refractivity contribution in [3.8, 4) is 16.9 Å². The van der Waals surface area contributed by atoms with Crippen LogP contribution in [0.3, 0.4) is 0 Å². The van der Waals surface area contributed by atoms with E-state index in [1.54, 1.807) is 36.4 Å². The van der Waals surface area contributed by atoms with Gasteiger partial charge >= 0.3 is 0 Å². The molecule has 4 aromatic carbocycles. The Bertz CT molecular complexity index is 1330. The molecule has 4 aromatic rings. The SMILES string of the molecule is Cc1cc(Nc2ccc(F)cc2F)ccc1C(=O)c1cc(-c2cccc(O)c2)ccc1C. The number of carbonyl (C=O) groups excluding carboxylic acids is 1. The molecule has 0 bridgehead atoms. The first-order chi connectivity index (χ1) is 15.3. The van der Waals surface area contributed by atoms with E-state index in [4.69, 9.17) is 0 Å². The summed E-state index contributed by atoms with van der Waals surface area (Å²) in [6.45, 7) is 3.69. The number of halogens is 2. The van der Waals surface area contributed by atoms with Gasteiger partial charge in [0.05, 0.1) is 5.69 Å². The van der Waals surface area contributed by atoms with Crippen molar-refractivity contribution < 1.29 is 18.7 Å². The molecule has 0 aromatic heterocycles. The number of nitrogens with one attached hydrogen (secondary N) is 1. The first kappa shape index (κ1) is 21.2. The van der Waals surface area contributed by atoms with Crippen LogP contribution in [0.15, 0.2) is 78.9 Å². The molecule has 3 nitrogen and oxygen atoms in total. The fraction of sp³-hybridized carbons (Fsp3) is 0.0741. The van der Waals surface area contributed by atoms with Crippen LogP contribution in [0.5, 0.6) is 5.75 Å². The van der Waals surface area contributed by atoms with Gasteiger partial charge in [-0.15, -0.1) is 0 Å².